The van der Waals surface area contributed by atoms with Crippen LogP contribution in [0.2, 0.25) is 0 Å². The van der Waals surface area contributed by atoms with Crippen molar-refractivity contribution in [3.8, 4) is 0 Å². The van der Waals surface area contributed by atoms with Crippen LogP contribution in [0.5, 0.6) is 0 Å². The molecule has 2 N–H and O–H groups in total. The Labute approximate surface area is 104 Å². The molecule has 1 aliphatic carbocycles. The minimum atomic E-state index is 0.103. The highest BCUT2D eigenvalue weighted by Crippen LogP contribution is 2.29. The fourth-order valence-corrected chi connectivity index (χ4v) is 2.16. The lowest BCUT2D eigenvalue weighted by Crippen LogP contribution is -2.32. The van der Waals surface area contributed by atoms with Crippen LogP contribution in [0.15, 0.2) is 22.7 Å². The van der Waals surface area contributed by atoms with Crippen LogP contribution < -0.4 is 5.73 Å². The Bertz CT molecular complexity index is 415. The number of benzene rings is 1. The summed E-state index contributed by atoms with van der Waals surface area (Å²) in [6, 6.07) is 5.79. The van der Waals surface area contributed by atoms with E-state index in [0.29, 0.717) is 17.3 Å². The van der Waals surface area contributed by atoms with Gasteiger partial charge in [-0.3, -0.25) is 4.79 Å². The molecule has 1 amide bonds. The minimum Gasteiger partial charge on any atom is -0.398 e. The van der Waals surface area contributed by atoms with Crippen LogP contribution in [-0.4, -0.2) is 23.4 Å². The highest BCUT2D eigenvalue weighted by molar-refractivity contribution is 9.10. The summed E-state index contributed by atoms with van der Waals surface area (Å²) < 4.78 is 0.783. The van der Waals surface area contributed by atoms with E-state index in [0.717, 1.165) is 23.9 Å². The maximum Gasteiger partial charge on any atom is 0.254 e. The van der Waals surface area contributed by atoms with Gasteiger partial charge in [-0.1, -0.05) is 0 Å². The van der Waals surface area contributed by atoms with Gasteiger partial charge in [0.2, 0.25) is 0 Å². The quantitative estimate of drug-likeness (QED) is 0.867. The van der Waals surface area contributed by atoms with Gasteiger partial charge < -0.3 is 10.6 Å². The summed E-state index contributed by atoms with van der Waals surface area (Å²) in [4.78, 5) is 14.1. The van der Waals surface area contributed by atoms with E-state index in [2.05, 4.69) is 15.9 Å². The Hall–Kier alpha value is -1.03. The molecule has 0 aliphatic heterocycles. The molecule has 1 saturated carbocycles. The molecule has 0 bridgehead atoms. The fraction of sp³-hybridized carbons (Fsp3) is 0.417. The predicted molar refractivity (Wildman–Crippen MR) is 68.3 cm³/mol. The number of nitrogen functional groups attached to an aromatic ring is 1. The standard InChI is InChI=1S/C12H15BrN2O/c1-2-15(9-4-5-9)12(16)8-3-6-11(14)10(13)7-8/h3,6-7,9H,2,4-5,14H2,1H3. The van der Waals surface area contributed by atoms with Crippen molar-refractivity contribution in [1.29, 1.82) is 0 Å². The molecule has 1 aromatic carbocycles. The van der Waals surface area contributed by atoms with E-state index >= 15 is 0 Å². The van der Waals surface area contributed by atoms with Crippen molar-refractivity contribution >= 4 is 27.5 Å². The molecule has 2 rings (SSSR count). The summed E-state index contributed by atoms with van der Waals surface area (Å²) in [5.41, 5.74) is 7.06. The number of carbonyl (C=O) groups excluding carboxylic acids is 1. The number of rotatable bonds is 3. The SMILES string of the molecule is CCN(C(=O)c1ccc(N)c(Br)c1)C1CC1. The second kappa shape index (κ2) is 4.45. The highest BCUT2D eigenvalue weighted by atomic mass is 79.9. The van der Waals surface area contributed by atoms with Crippen LogP contribution in [0.3, 0.4) is 0 Å². The van der Waals surface area contributed by atoms with Crippen LogP contribution in [0.1, 0.15) is 30.1 Å². The van der Waals surface area contributed by atoms with Gasteiger partial charge in [-0.25, -0.2) is 0 Å². The van der Waals surface area contributed by atoms with E-state index in [1.165, 1.54) is 0 Å². The van der Waals surface area contributed by atoms with E-state index in [9.17, 15) is 4.79 Å². The first-order chi connectivity index (χ1) is 7.63. The lowest BCUT2D eigenvalue weighted by molar-refractivity contribution is 0.0752. The summed E-state index contributed by atoms with van der Waals surface area (Å²) in [5.74, 6) is 0.103. The third-order valence-corrected chi connectivity index (χ3v) is 3.52. The zero-order valence-electron chi connectivity index (χ0n) is 9.24. The number of hydrogen-bond acceptors (Lipinski definition) is 2. The first-order valence-electron chi connectivity index (χ1n) is 5.49. The predicted octanol–water partition coefficient (Wildman–Crippen LogP) is 2.66. The van der Waals surface area contributed by atoms with Crippen LogP contribution in [-0.2, 0) is 0 Å². The van der Waals surface area contributed by atoms with E-state index < -0.39 is 0 Å². The normalized spacial score (nSPS) is 14.9. The second-order valence-corrected chi connectivity index (χ2v) is 4.91. The largest absolute Gasteiger partial charge is 0.398 e. The summed E-state index contributed by atoms with van der Waals surface area (Å²) in [7, 11) is 0. The Morgan fingerprint density at radius 3 is 2.75 bits per heavy atom. The molecule has 0 heterocycles. The molecule has 1 aromatic rings. The van der Waals surface area contributed by atoms with Crippen molar-refractivity contribution < 1.29 is 4.79 Å². The molecule has 86 valence electrons. The smallest absolute Gasteiger partial charge is 0.254 e. The van der Waals surface area contributed by atoms with Gasteiger partial charge in [0.05, 0.1) is 0 Å². The molecular weight excluding hydrogens is 268 g/mol. The van der Waals surface area contributed by atoms with Crippen LogP contribution in [0, 0.1) is 0 Å². The molecule has 0 radical (unpaired) electrons. The van der Waals surface area contributed by atoms with Gasteiger partial charge in [0, 0.05) is 28.3 Å². The molecule has 0 aromatic heterocycles. The number of nitrogens with two attached hydrogens (primary N) is 1. The Kier molecular flexibility index (Phi) is 3.19. The minimum absolute atomic E-state index is 0.103. The third-order valence-electron chi connectivity index (χ3n) is 2.84. The van der Waals surface area contributed by atoms with Crippen molar-refractivity contribution in [2.75, 3.05) is 12.3 Å². The maximum absolute atomic E-state index is 12.2. The van der Waals surface area contributed by atoms with Crippen molar-refractivity contribution in [2.24, 2.45) is 0 Å². The molecule has 1 fully saturated rings. The molecule has 4 heteroatoms. The molecule has 0 unspecified atom stereocenters. The fourth-order valence-electron chi connectivity index (χ4n) is 1.78. The highest BCUT2D eigenvalue weighted by Gasteiger charge is 2.31. The van der Waals surface area contributed by atoms with Gasteiger partial charge in [-0.15, -0.1) is 0 Å². The zero-order chi connectivity index (χ0) is 11.7. The number of carbonyl (C=O) groups is 1. The van der Waals surface area contributed by atoms with Gasteiger partial charge in [-0.2, -0.15) is 0 Å². The Morgan fingerprint density at radius 1 is 1.56 bits per heavy atom. The van der Waals surface area contributed by atoms with Crippen molar-refractivity contribution in [1.82, 2.24) is 4.90 Å². The summed E-state index contributed by atoms with van der Waals surface area (Å²) in [6.45, 7) is 2.79. The number of halogens is 1. The number of amides is 1. The first kappa shape index (κ1) is 11.5. The Morgan fingerprint density at radius 2 is 2.25 bits per heavy atom. The zero-order valence-corrected chi connectivity index (χ0v) is 10.8. The second-order valence-electron chi connectivity index (χ2n) is 4.06. The average molecular weight is 283 g/mol. The van der Waals surface area contributed by atoms with Gasteiger partial charge in [-0.05, 0) is 53.9 Å². The van der Waals surface area contributed by atoms with E-state index in [-0.39, 0.29) is 5.91 Å². The average Bonchev–Trinajstić information content (AvgIpc) is 3.07. The lowest BCUT2D eigenvalue weighted by Gasteiger charge is -2.20. The first-order valence-corrected chi connectivity index (χ1v) is 6.28. The molecule has 0 saturated heterocycles. The van der Waals surface area contributed by atoms with E-state index in [4.69, 9.17) is 5.73 Å². The number of anilines is 1. The van der Waals surface area contributed by atoms with Crippen molar-refractivity contribution in [3.05, 3.63) is 28.2 Å². The van der Waals surface area contributed by atoms with E-state index in [1.807, 2.05) is 11.8 Å². The van der Waals surface area contributed by atoms with Crippen molar-refractivity contribution in [3.63, 3.8) is 0 Å². The monoisotopic (exact) mass is 282 g/mol. The van der Waals surface area contributed by atoms with Gasteiger partial charge in [0.25, 0.3) is 5.91 Å². The topological polar surface area (TPSA) is 46.3 Å². The van der Waals surface area contributed by atoms with Gasteiger partial charge in [0.1, 0.15) is 0 Å². The molecular formula is C12H15BrN2O. The molecule has 1 aliphatic rings. The summed E-state index contributed by atoms with van der Waals surface area (Å²) in [6.07, 6.45) is 2.27. The van der Waals surface area contributed by atoms with Crippen LogP contribution in [0.4, 0.5) is 5.69 Å². The number of nitrogens with zero attached hydrogens (tertiary/aromatic N) is 1. The molecule has 0 atom stereocenters. The third kappa shape index (κ3) is 2.21. The summed E-state index contributed by atoms with van der Waals surface area (Å²) >= 11 is 3.34. The molecule has 0 spiro atoms. The molecule has 3 nitrogen and oxygen atoms in total. The Balaban J connectivity index is 2.22. The van der Waals surface area contributed by atoms with Gasteiger partial charge >= 0.3 is 0 Å². The van der Waals surface area contributed by atoms with Crippen LogP contribution in [0.25, 0.3) is 0 Å². The van der Waals surface area contributed by atoms with E-state index in [1.54, 1.807) is 18.2 Å². The van der Waals surface area contributed by atoms with Crippen molar-refractivity contribution in [2.45, 2.75) is 25.8 Å². The van der Waals surface area contributed by atoms with Crippen LogP contribution >= 0.6 is 15.9 Å². The number of hydrogen-bond donors (Lipinski definition) is 1. The van der Waals surface area contributed by atoms with Gasteiger partial charge in [0.15, 0.2) is 0 Å². The maximum atomic E-state index is 12.2. The lowest BCUT2D eigenvalue weighted by atomic mass is 10.2. The summed E-state index contributed by atoms with van der Waals surface area (Å²) in [5, 5.41) is 0. The molecule has 16 heavy (non-hydrogen) atoms.